The van der Waals surface area contributed by atoms with Crippen LogP contribution in [0.15, 0.2) is 12.2 Å². The number of amides is 1. The van der Waals surface area contributed by atoms with Gasteiger partial charge < -0.3 is 15.5 Å². The van der Waals surface area contributed by atoms with E-state index in [1.54, 1.807) is 6.92 Å². The Bertz CT molecular complexity index is 600. The number of carbonyl (C=O) groups excluding carboxylic acids is 2. The van der Waals surface area contributed by atoms with Crippen LogP contribution in [-0.4, -0.2) is 62.6 Å². The van der Waals surface area contributed by atoms with Gasteiger partial charge in [0.05, 0.1) is 23.7 Å². The third kappa shape index (κ3) is 13.5. The Balaban J connectivity index is 2.26. The topological polar surface area (TPSA) is 140 Å². The molecule has 1 aliphatic rings. The lowest BCUT2D eigenvalue weighted by Gasteiger charge is -2.22. The first kappa shape index (κ1) is 30.7. The number of carbonyl (C=O) groups is 2. The summed E-state index contributed by atoms with van der Waals surface area (Å²) in [5, 5.41) is 40.1. The molecule has 1 unspecified atom stereocenters. The van der Waals surface area contributed by atoms with Gasteiger partial charge in [-0.3, -0.25) is 20.0 Å². The van der Waals surface area contributed by atoms with E-state index in [9.17, 15) is 19.8 Å². The fourth-order valence-electron chi connectivity index (χ4n) is 4.58. The first-order valence-electron chi connectivity index (χ1n) is 12.9. The molecule has 0 bridgehead atoms. The van der Waals surface area contributed by atoms with Gasteiger partial charge in [-0.25, -0.2) is 4.84 Å². The van der Waals surface area contributed by atoms with Crippen LogP contribution in [0.2, 0.25) is 0 Å². The highest BCUT2D eigenvalue weighted by molar-refractivity contribution is 5.78. The van der Waals surface area contributed by atoms with Gasteiger partial charge in [-0.2, -0.15) is 0 Å². The third-order valence-corrected chi connectivity index (χ3v) is 6.55. The molecular weight excluding hydrogens is 440 g/mol. The lowest BCUT2D eigenvalue weighted by molar-refractivity contribution is -0.502. The summed E-state index contributed by atoms with van der Waals surface area (Å²) >= 11 is 0. The predicted molar refractivity (Wildman–Crippen MR) is 128 cm³/mol. The molecule has 0 heterocycles. The van der Waals surface area contributed by atoms with Gasteiger partial charge in [-0.1, -0.05) is 44.8 Å². The molecule has 0 radical (unpaired) electrons. The first-order chi connectivity index (χ1) is 16.2. The van der Waals surface area contributed by atoms with E-state index in [2.05, 4.69) is 17.1 Å². The van der Waals surface area contributed by atoms with Crippen LogP contribution in [0.1, 0.15) is 97.3 Å². The molecule has 1 aliphatic carbocycles. The number of rotatable bonds is 19. The van der Waals surface area contributed by atoms with Crippen LogP contribution in [0, 0.1) is 11.8 Å². The monoisotopic (exact) mass is 486 g/mol. The summed E-state index contributed by atoms with van der Waals surface area (Å²) < 4.78 is 0. The van der Waals surface area contributed by atoms with Gasteiger partial charge in [0.15, 0.2) is 0 Å². The Labute approximate surface area is 204 Å². The van der Waals surface area contributed by atoms with Crippen LogP contribution >= 0.6 is 0 Å². The van der Waals surface area contributed by atoms with Crippen molar-refractivity contribution in [3.8, 4) is 0 Å². The second kappa shape index (κ2) is 18.0. The van der Waals surface area contributed by atoms with E-state index in [1.165, 1.54) is 19.3 Å². The molecule has 5 N–H and O–H groups in total. The molecule has 0 spiro atoms. The van der Waals surface area contributed by atoms with Crippen molar-refractivity contribution < 1.29 is 35.1 Å². The van der Waals surface area contributed by atoms with Crippen LogP contribution in [-0.2, 0) is 14.4 Å². The zero-order valence-corrected chi connectivity index (χ0v) is 20.9. The quantitative estimate of drug-likeness (QED) is 0.106. The van der Waals surface area contributed by atoms with Crippen molar-refractivity contribution >= 4 is 11.7 Å². The van der Waals surface area contributed by atoms with Crippen LogP contribution in [0.4, 0.5) is 0 Å². The van der Waals surface area contributed by atoms with Gasteiger partial charge in [-0.15, -0.1) is 0 Å². The number of aliphatic hydroxyl groups excluding tert-OH is 2. The normalized spacial score (nSPS) is 23.6. The zero-order chi connectivity index (χ0) is 25.3. The number of nitrogens with zero attached hydrogens (tertiary/aromatic N) is 1. The highest BCUT2D eigenvalue weighted by Crippen LogP contribution is 2.38. The van der Waals surface area contributed by atoms with Crippen molar-refractivity contribution in [3.05, 3.63) is 12.2 Å². The smallest absolute Gasteiger partial charge is 0.220 e. The SMILES string of the molecule is CCCCCCCC(=O)CC[C@@H]1[C@@H](C/C=C\CCCC(=O)NCC(C)ON(O)O)[C@@H](O)C[C@H]1O. The van der Waals surface area contributed by atoms with Crippen molar-refractivity contribution in [2.75, 3.05) is 6.54 Å². The number of ketones is 1. The van der Waals surface area contributed by atoms with Gasteiger partial charge in [0.2, 0.25) is 5.91 Å². The molecule has 0 aliphatic heterocycles. The summed E-state index contributed by atoms with van der Waals surface area (Å²) in [4.78, 5) is 28.6. The zero-order valence-electron chi connectivity index (χ0n) is 20.9. The number of allylic oxidation sites excluding steroid dienone is 2. The summed E-state index contributed by atoms with van der Waals surface area (Å²) in [6.45, 7) is 3.93. The van der Waals surface area contributed by atoms with Gasteiger partial charge in [0.1, 0.15) is 5.78 Å². The number of hydrogen-bond donors (Lipinski definition) is 5. The largest absolute Gasteiger partial charge is 0.393 e. The van der Waals surface area contributed by atoms with Gasteiger partial charge in [0, 0.05) is 25.8 Å². The highest BCUT2D eigenvalue weighted by Gasteiger charge is 2.40. The molecule has 0 aromatic heterocycles. The third-order valence-electron chi connectivity index (χ3n) is 6.55. The van der Waals surface area contributed by atoms with E-state index < -0.39 is 18.3 Å². The standard InChI is InChI=1S/C25H46N2O7/c1-3-4-5-6-9-12-20(28)15-16-22-21(23(29)17-24(22)30)13-10-7-8-11-14-25(31)26-18-19(2)34-27(32)33/h7,10,19,21-24,29-30,32-33H,3-6,8-9,11-18H2,1-2H3,(H,26,31)/b10-7-/t19?,21-,22-,23+,24-/m1/s1. The van der Waals surface area contributed by atoms with Gasteiger partial charge in [-0.05, 0) is 57.3 Å². The van der Waals surface area contributed by atoms with E-state index in [0.29, 0.717) is 51.4 Å². The Morgan fingerprint density at radius 2 is 1.71 bits per heavy atom. The van der Waals surface area contributed by atoms with E-state index in [1.807, 2.05) is 12.2 Å². The fraction of sp³-hybridized carbons (Fsp3) is 0.840. The van der Waals surface area contributed by atoms with Crippen LogP contribution in [0.25, 0.3) is 0 Å². The molecule has 9 nitrogen and oxygen atoms in total. The maximum Gasteiger partial charge on any atom is 0.220 e. The predicted octanol–water partition coefficient (Wildman–Crippen LogP) is 3.69. The van der Waals surface area contributed by atoms with Crippen LogP contribution in [0.5, 0.6) is 0 Å². The number of Topliss-reactive ketones (excluding diaryl/α,β-unsaturated/α-hetero) is 1. The molecular formula is C25H46N2O7. The molecule has 0 aromatic rings. The van der Waals surface area contributed by atoms with Crippen molar-refractivity contribution in [2.24, 2.45) is 11.8 Å². The molecule has 34 heavy (non-hydrogen) atoms. The molecule has 198 valence electrons. The maximum atomic E-state index is 12.2. The average Bonchev–Trinajstić information content (AvgIpc) is 3.04. The molecule has 0 aromatic carbocycles. The summed E-state index contributed by atoms with van der Waals surface area (Å²) in [6.07, 6.45) is 12.3. The molecule has 1 amide bonds. The number of nitrogens with one attached hydrogen (secondary N) is 1. The van der Waals surface area contributed by atoms with Crippen molar-refractivity contribution in [1.82, 2.24) is 10.7 Å². The second-order valence-corrected chi connectivity index (χ2v) is 9.51. The van der Waals surface area contributed by atoms with Crippen molar-refractivity contribution in [3.63, 3.8) is 0 Å². The molecule has 5 atom stereocenters. The summed E-state index contributed by atoms with van der Waals surface area (Å²) in [5.41, 5.74) is 0. The number of unbranched alkanes of at least 4 members (excludes halogenated alkanes) is 5. The maximum absolute atomic E-state index is 12.2. The van der Waals surface area contributed by atoms with E-state index >= 15 is 0 Å². The summed E-state index contributed by atoms with van der Waals surface area (Å²) in [6, 6.07) is 0. The van der Waals surface area contributed by atoms with E-state index in [-0.39, 0.29) is 35.5 Å². The van der Waals surface area contributed by atoms with E-state index in [4.69, 9.17) is 10.4 Å². The minimum atomic E-state index is -0.568. The highest BCUT2D eigenvalue weighted by atomic mass is 17.1. The first-order valence-corrected chi connectivity index (χ1v) is 12.9. The Morgan fingerprint density at radius 3 is 2.41 bits per heavy atom. The lowest BCUT2D eigenvalue weighted by Crippen LogP contribution is -2.34. The van der Waals surface area contributed by atoms with Crippen molar-refractivity contribution in [2.45, 2.75) is 116 Å². The minimum Gasteiger partial charge on any atom is -0.393 e. The van der Waals surface area contributed by atoms with Gasteiger partial charge >= 0.3 is 0 Å². The van der Waals surface area contributed by atoms with Crippen LogP contribution in [0.3, 0.4) is 0 Å². The van der Waals surface area contributed by atoms with Crippen molar-refractivity contribution in [1.29, 1.82) is 0 Å². The summed E-state index contributed by atoms with van der Waals surface area (Å²) in [7, 11) is 0. The molecule has 1 rings (SSSR count). The number of aliphatic hydroxyl groups is 2. The second-order valence-electron chi connectivity index (χ2n) is 9.51. The fourth-order valence-corrected chi connectivity index (χ4v) is 4.58. The summed E-state index contributed by atoms with van der Waals surface area (Å²) in [5.74, 6) is -0.00202. The Kier molecular flexibility index (Phi) is 16.2. The number of hydrogen-bond acceptors (Lipinski definition) is 8. The van der Waals surface area contributed by atoms with E-state index in [0.717, 1.165) is 12.8 Å². The average molecular weight is 487 g/mol. The molecule has 0 saturated heterocycles. The molecule has 1 fully saturated rings. The van der Waals surface area contributed by atoms with Gasteiger partial charge in [0.25, 0.3) is 0 Å². The minimum absolute atomic E-state index is 0.0500. The van der Waals surface area contributed by atoms with Crippen LogP contribution < -0.4 is 5.32 Å². The molecule has 1 saturated carbocycles. The Morgan fingerprint density at radius 1 is 1.00 bits per heavy atom. The molecule has 9 heteroatoms. The Hall–Kier alpha value is -1.36. The lowest BCUT2D eigenvalue weighted by atomic mass is 9.86.